The SMILES string of the molecule is O=c1/c(=C\c2ccc(OCc3ccccc3)cc2)sc2n1[C@H](c1cccs1)C1=C(N=2)c2ccccc2CC1. The summed E-state index contributed by atoms with van der Waals surface area (Å²) in [6, 6.07) is 30.6. The van der Waals surface area contributed by atoms with Crippen LogP contribution in [0, 0.1) is 0 Å². The van der Waals surface area contributed by atoms with Crippen molar-refractivity contribution in [1.29, 1.82) is 0 Å². The van der Waals surface area contributed by atoms with Gasteiger partial charge in [0.2, 0.25) is 0 Å². The van der Waals surface area contributed by atoms with Crippen LogP contribution in [0.5, 0.6) is 5.75 Å². The first-order valence-electron chi connectivity index (χ1n) is 12.7. The molecule has 0 unspecified atom stereocenters. The molecule has 0 spiro atoms. The third-order valence-corrected chi connectivity index (χ3v) is 9.02. The highest BCUT2D eigenvalue weighted by Crippen LogP contribution is 2.42. The number of aryl methyl sites for hydroxylation is 1. The van der Waals surface area contributed by atoms with Crippen LogP contribution in [0.2, 0.25) is 0 Å². The Hall–Kier alpha value is -4.00. The van der Waals surface area contributed by atoms with E-state index in [0.717, 1.165) is 40.2 Å². The number of aromatic nitrogens is 1. The van der Waals surface area contributed by atoms with Gasteiger partial charge in [0, 0.05) is 10.4 Å². The number of ether oxygens (including phenoxy) is 1. The molecular weight excluding hydrogens is 508 g/mol. The Morgan fingerprint density at radius 1 is 0.921 bits per heavy atom. The minimum atomic E-state index is -0.106. The first kappa shape index (κ1) is 23.1. The van der Waals surface area contributed by atoms with Crippen molar-refractivity contribution in [2.75, 3.05) is 0 Å². The maximum Gasteiger partial charge on any atom is 0.271 e. The molecule has 186 valence electrons. The highest BCUT2D eigenvalue weighted by atomic mass is 32.1. The number of fused-ring (bicyclic) bond motifs is 3. The predicted octanol–water partition coefficient (Wildman–Crippen LogP) is 5.96. The van der Waals surface area contributed by atoms with Gasteiger partial charge in [-0.05, 0) is 64.8 Å². The van der Waals surface area contributed by atoms with Crippen molar-refractivity contribution in [3.8, 4) is 5.75 Å². The van der Waals surface area contributed by atoms with E-state index >= 15 is 0 Å². The van der Waals surface area contributed by atoms with E-state index in [1.54, 1.807) is 11.3 Å². The molecule has 3 aromatic carbocycles. The Labute approximate surface area is 228 Å². The molecule has 5 aromatic rings. The normalized spacial score (nSPS) is 16.4. The summed E-state index contributed by atoms with van der Waals surface area (Å²) in [5, 5.41) is 2.09. The van der Waals surface area contributed by atoms with Crippen molar-refractivity contribution in [3.63, 3.8) is 0 Å². The zero-order valence-electron chi connectivity index (χ0n) is 20.5. The maximum absolute atomic E-state index is 13.8. The van der Waals surface area contributed by atoms with Crippen LogP contribution in [0.25, 0.3) is 11.8 Å². The number of rotatable bonds is 5. The Kier molecular flexibility index (Phi) is 5.91. The molecule has 1 atom stereocenters. The van der Waals surface area contributed by atoms with Crippen LogP contribution in [0.3, 0.4) is 0 Å². The van der Waals surface area contributed by atoms with E-state index in [1.807, 2.05) is 65.2 Å². The van der Waals surface area contributed by atoms with Gasteiger partial charge in [-0.15, -0.1) is 11.3 Å². The molecule has 0 radical (unpaired) electrons. The fourth-order valence-electron chi connectivity index (χ4n) is 5.27. The standard InChI is InChI=1S/C32H24N2O2S2/c35-31-28(19-21-12-15-24(16-13-21)36-20-22-7-2-1-3-8-22)38-32-33-29-25-10-5-4-9-23(25)14-17-26(29)30(34(31)32)27-11-6-18-37-27/h1-13,15-16,18-19,30H,14,17,20H2/b28-19+/t30-/m0/s1. The summed E-state index contributed by atoms with van der Waals surface area (Å²) in [5.41, 5.74) is 6.91. The molecule has 38 heavy (non-hydrogen) atoms. The van der Waals surface area contributed by atoms with Crippen molar-refractivity contribution in [2.24, 2.45) is 4.99 Å². The fourth-order valence-corrected chi connectivity index (χ4v) is 7.12. The molecule has 1 aliphatic heterocycles. The van der Waals surface area contributed by atoms with Gasteiger partial charge in [0.1, 0.15) is 12.4 Å². The number of thiophene rings is 1. The van der Waals surface area contributed by atoms with Crippen LogP contribution in [-0.2, 0) is 13.0 Å². The van der Waals surface area contributed by atoms with Gasteiger partial charge < -0.3 is 4.74 Å². The second kappa shape index (κ2) is 9.71. The lowest BCUT2D eigenvalue weighted by atomic mass is 9.85. The zero-order chi connectivity index (χ0) is 25.5. The largest absolute Gasteiger partial charge is 0.489 e. The summed E-state index contributed by atoms with van der Waals surface area (Å²) >= 11 is 3.17. The fraction of sp³-hybridized carbons (Fsp3) is 0.125. The quantitative estimate of drug-likeness (QED) is 0.280. The van der Waals surface area contributed by atoms with E-state index in [9.17, 15) is 4.79 Å². The Balaban J connectivity index is 1.27. The van der Waals surface area contributed by atoms with Gasteiger partial charge in [0.25, 0.3) is 5.56 Å². The third kappa shape index (κ3) is 4.16. The van der Waals surface area contributed by atoms with Crippen LogP contribution < -0.4 is 19.6 Å². The molecule has 0 N–H and O–H groups in total. The van der Waals surface area contributed by atoms with Gasteiger partial charge in [-0.2, -0.15) is 0 Å². The second-order valence-corrected chi connectivity index (χ2v) is 11.5. The molecule has 2 aliphatic rings. The molecule has 1 aliphatic carbocycles. The van der Waals surface area contributed by atoms with Crippen LogP contribution >= 0.6 is 22.7 Å². The monoisotopic (exact) mass is 532 g/mol. The Morgan fingerprint density at radius 2 is 1.74 bits per heavy atom. The number of allylic oxidation sites excluding steroid dienone is 1. The number of benzene rings is 3. The number of thiazole rings is 1. The maximum atomic E-state index is 13.8. The van der Waals surface area contributed by atoms with Gasteiger partial charge in [-0.25, -0.2) is 4.99 Å². The minimum Gasteiger partial charge on any atom is -0.489 e. The van der Waals surface area contributed by atoms with Gasteiger partial charge >= 0.3 is 0 Å². The number of nitrogens with zero attached hydrogens (tertiary/aromatic N) is 2. The van der Waals surface area contributed by atoms with Crippen LogP contribution in [-0.4, -0.2) is 4.57 Å². The van der Waals surface area contributed by atoms with Crippen molar-refractivity contribution >= 4 is 34.4 Å². The first-order chi connectivity index (χ1) is 18.7. The van der Waals surface area contributed by atoms with Crippen molar-refractivity contribution in [3.05, 3.63) is 149 Å². The van der Waals surface area contributed by atoms with E-state index in [4.69, 9.17) is 9.73 Å². The lowest BCUT2D eigenvalue weighted by molar-refractivity contribution is 0.306. The molecule has 0 saturated heterocycles. The molecule has 0 amide bonds. The molecule has 7 rings (SSSR count). The smallest absolute Gasteiger partial charge is 0.271 e. The lowest BCUT2D eigenvalue weighted by Crippen LogP contribution is -2.38. The second-order valence-electron chi connectivity index (χ2n) is 9.47. The molecule has 0 fully saturated rings. The molecule has 6 heteroatoms. The zero-order valence-corrected chi connectivity index (χ0v) is 22.2. The molecule has 0 bridgehead atoms. The van der Waals surface area contributed by atoms with E-state index in [1.165, 1.54) is 32.9 Å². The first-order valence-corrected chi connectivity index (χ1v) is 14.4. The molecule has 2 aromatic heterocycles. The topological polar surface area (TPSA) is 43.6 Å². The summed E-state index contributed by atoms with van der Waals surface area (Å²) < 4.78 is 8.53. The van der Waals surface area contributed by atoms with E-state index in [2.05, 4.69) is 41.8 Å². The van der Waals surface area contributed by atoms with Crippen LogP contribution in [0.15, 0.2) is 112 Å². The van der Waals surface area contributed by atoms with Crippen molar-refractivity contribution < 1.29 is 4.74 Å². The van der Waals surface area contributed by atoms with Crippen molar-refractivity contribution in [2.45, 2.75) is 25.5 Å². The highest BCUT2D eigenvalue weighted by Gasteiger charge is 2.32. The van der Waals surface area contributed by atoms with Gasteiger partial charge in [0.15, 0.2) is 4.80 Å². The lowest BCUT2D eigenvalue weighted by Gasteiger charge is -2.30. The van der Waals surface area contributed by atoms with Crippen molar-refractivity contribution in [1.82, 2.24) is 4.57 Å². The summed E-state index contributed by atoms with van der Waals surface area (Å²) in [5.74, 6) is 0.802. The summed E-state index contributed by atoms with van der Waals surface area (Å²) in [7, 11) is 0. The summed E-state index contributed by atoms with van der Waals surface area (Å²) in [4.78, 5) is 20.8. The minimum absolute atomic E-state index is 0.0157. The molecule has 3 heterocycles. The molecule has 4 nitrogen and oxygen atoms in total. The van der Waals surface area contributed by atoms with E-state index in [0.29, 0.717) is 11.1 Å². The summed E-state index contributed by atoms with van der Waals surface area (Å²) in [6.07, 6.45) is 3.84. The van der Waals surface area contributed by atoms with Gasteiger partial charge in [0.05, 0.1) is 16.3 Å². The Morgan fingerprint density at radius 3 is 2.55 bits per heavy atom. The molecule has 0 saturated carbocycles. The average molecular weight is 533 g/mol. The van der Waals surface area contributed by atoms with Gasteiger partial charge in [-0.1, -0.05) is 84.1 Å². The molecular formula is C32H24N2O2S2. The third-order valence-electron chi connectivity index (χ3n) is 7.11. The number of hydrogen-bond donors (Lipinski definition) is 0. The number of hydrogen-bond acceptors (Lipinski definition) is 5. The van der Waals surface area contributed by atoms with Crippen LogP contribution in [0.1, 0.15) is 39.6 Å². The van der Waals surface area contributed by atoms with Gasteiger partial charge in [-0.3, -0.25) is 9.36 Å². The highest BCUT2D eigenvalue weighted by molar-refractivity contribution is 7.10. The Bertz CT molecular complexity index is 1830. The van der Waals surface area contributed by atoms with Crippen LogP contribution in [0.4, 0.5) is 0 Å². The predicted molar refractivity (Wildman–Crippen MR) is 154 cm³/mol. The summed E-state index contributed by atoms with van der Waals surface area (Å²) in [6.45, 7) is 0.523. The van der Waals surface area contributed by atoms with E-state index in [-0.39, 0.29) is 11.6 Å². The average Bonchev–Trinajstić information content (AvgIpc) is 3.60. The van der Waals surface area contributed by atoms with E-state index < -0.39 is 0 Å².